The van der Waals surface area contributed by atoms with E-state index in [4.69, 9.17) is 4.74 Å². The zero-order valence-corrected chi connectivity index (χ0v) is 21.0. The maximum Gasteiger partial charge on any atom is 0.241 e. The summed E-state index contributed by atoms with van der Waals surface area (Å²) in [4.78, 5) is 4.71. The van der Waals surface area contributed by atoms with Crippen LogP contribution < -0.4 is 9.46 Å². The van der Waals surface area contributed by atoms with E-state index in [0.717, 1.165) is 48.2 Å². The van der Waals surface area contributed by atoms with Crippen LogP contribution in [-0.2, 0) is 16.4 Å². The summed E-state index contributed by atoms with van der Waals surface area (Å²) in [5, 5.41) is 8.06. The van der Waals surface area contributed by atoms with Crippen molar-refractivity contribution in [1.29, 1.82) is 0 Å². The number of sulfonamides is 1. The van der Waals surface area contributed by atoms with Crippen LogP contribution in [0.5, 0.6) is 5.88 Å². The molecule has 1 saturated carbocycles. The van der Waals surface area contributed by atoms with Crippen molar-refractivity contribution in [1.82, 2.24) is 24.5 Å². The molecule has 2 atom stereocenters. The molecule has 1 N–H and O–H groups in total. The summed E-state index contributed by atoms with van der Waals surface area (Å²) < 4.78 is 37.4. The Labute approximate surface area is 201 Å². The zero-order valence-electron chi connectivity index (χ0n) is 20.2. The lowest BCUT2D eigenvalue weighted by Gasteiger charge is -2.30. The number of aromatic nitrogens is 4. The minimum atomic E-state index is -3.65. The maximum atomic E-state index is 13.4. The third-order valence-corrected chi connectivity index (χ3v) is 7.89. The van der Waals surface area contributed by atoms with Gasteiger partial charge >= 0.3 is 0 Å². The molecule has 182 valence electrons. The highest BCUT2D eigenvalue weighted by molar-refractivity contribution is 7.89. The predicted octanol–water partition coefficient (Wildman–Crippen LogP) is 4.46. The van der Waals surface area contributed by atoms with Gasteiger partial charge < -0.3 is 9.30 Å². The molecule has 2 heterocycles. The van der Waals surface area contributed by atoms with Crippen molar-refractivity contribution in [3.63, 3.8) is 0 Å². The molecule has 0 aliphatic heterocycles. The Morgan fingerprint density at radius 1 is 1.18 bits per heavy atom. The standard InChI is InChI=1S/C25H33N5O3S/c1-5-19-13-20(21-10-12-25(26-15-21)33-17(2)3)9-11-24(19)34(31,32)29-22-7-6-8-23(14-22)30-16-27-28-18(30)4/h9-13,15-17,22-23,29H,5-8,14H2,1-4H3/t22-,23+/m0/s1. The molecule has 1 fully saturated rings. The second kappa shape index (κ2) is 10.2. The van der Waals surface area contributed by atoms with Gasteiger partial charge in [0.15, 0.2) is 0 Å². The van der Waals surface area contributed by atoms with E-state index in [2.05, 4.69) is 24.5 Å². The number of benzene rings is 1. The van der Waals surface area contributed by atoms with E-state index >= 15 is 0 Å². The van der Waals surface area contributed by atoms with Gasteiger partial charge in [-0.25, -0.2) is 18.1 Å². The van der Waals surface area contributed by atoms with E-state index in [1.54, 1.807) is 18.6 Å². The summed E-state index contributed by atoms with van der Waals surface area (Å²) in [6, 6.07) is 9.37. The first kappa shape index (κ1) is 24.3. The van der Waals surface area contributed by atoms with Crippen LogP contribution in [0.25, 0.3) is 11.1 Å². The number of ether oxygens (including phenoxy) is 1. The molecule has 0 radical (unpaired) electrons. The molecule has 2 aromatic heterocycles. The lowest BCUT2D eigenvalue weighted by atomic mass is 9.91. The number of nitrogens with one attached hydrogen (secondary N) is 1. The van der Waals surface area contributed by atoms with Gasteiger partial charge in [0.05, 0.1) is 11.0 Å². The van der Waals surface area contributed by atoms with E-state index < -0.39 is 10.0 Å². The zero-order chi connectivity index (χ0) is 24.3. The highest BCUT2D eigenvalue weighted by atomic mass is 32.2. The molecular formula is C25H33N5O3S. The first-order valence-electron chi connectivity index (χ1n) is 11.9. The third kappa shape index (κ3) is 5.47. The van der Waals surface area contributed by atoms with Gasteiger partial charge in [-0.1, -0.05) is 13.0 Å². The fraction of sp³-hybridized carbons (Fsp3) is 0.480. The number of rotatable bonds is 8. The smallest absolute Gasteiger partial charge is 0.241 e. The normalized spacial score (nSPS) is 18.9. The fourth-order valence-electron chi connectivity index (χ4n) is 4.63. The van der Waals surface area contributed by atoms with Crippen LogP contribution in [0.4, 0.5) is 0 Å². The molecule has 4 rings (SSSR count). The minimum Gasteiger partial charge on any atom is -0.475 e. The molecule has 0 saturated heterocycles. The van der Waals surface area contributed by atoms with Crippen molar-refractivity contribution < 1.29 is 13.2 Å². The van der Waals surface area contributed by atoms with E-state index in [1.165, 1.54) is 0 Å². The van der Waals surface area contributed by atoms with Crippen molar-refractivity contribution >= 4 is 10.0 Å². The Bertz CT molecular complexity index is 1220. The van der Waals surface area contributed by atoms with E-state index in [0.29, 0.717) is 17.2 Å². The third-order valence-electron chi connectivity index (χ3n) is 6.27. The highest BCUT2D eigenvalue weighted by Gasteiger charge is 2.29. The van der Waals surface area contributed by atoms with Crippen LogP contribution in [0.1, 0.15) is 63.9 Å². The van der Waals surface area contributed by atoms with Gasteiger partial charge in [0.1, 0.15) is 12.2 Å². The van der Waals surface area contributed by atoms with Crippen LogP contribution in [0.15, 0.2) is 47.8 Å². The van der Waals surface area contributed by atoms with Gasteiger partial charge in [0.25, 0.3) is 0 Å². The van der Waals surface area contributed by atoms with Crippen molar-refractivity contribution in [2.45, 2.75) is 82.9 Å². The number of hydrogen-bond acceptors (Lipinski definition) is 6. The number of pyridine rings is 1. The summed E-state index contributed by atoms with van der Waals surface area (Å²) >= 11 is 0. The van der Waals surface area contributed by atoms with Gasteiger partial charge in [-0.2, -0.15) is 0 Å². The highest BCUT2D eigenvalue weighted by Crippen LogP contribution is 2.31. The predicted molar refractivity (Wildman–Crippen MR) is 131 cm³/mol. The number of hydrogen-bond donors (Lipinski definition) is 1. The Hall–Kier alpha value is -2.78. The van der Waals surface area contributed by atoms with Crippen LogP contribution in [0.3, 0.4) is 0 Å². The molecule has 1 aromatic carbocycles. The van der Waals surface area contributed by atoms with E-state index in [1.807, 2.05) is 52.0 Å². The molecule has 1 aliphatic rings. The number of nitrogens with zero attached hydrogens (tertiary/aromatic N) is 4. The Morgan fingerprint density at radius 3 is 2.62 bits per heavy atom. The van der Waals surface area contributed by atoms with Gasteiger partial charge in [-0.15, -0.1) is 10.2 Å². The van der Waals surface area contributed by atoms with Crippen LogP contribution in [-0.4, -0.2) is 40.3 Å². The first-order chi connectivity index (χ1) is 16.3. The Morgan fingerprint density at radius 2 is 1.97 bits per heavy atom. The summed E-state index contributed by atoms with van der Waals surface area (Å²) in [5.41, 5.74) is 2.64. The van der Waals surface area contributed by atoms with Gasteiger partial charge in [0, 0.05) is 29.9 Å². The molecule has 3 aromatic rings. The quantitative estimate of drug-likeness (QED) is 0.508. The molecule has 9 heteroatoms. The van der Waals surface area contributed by atoms with Crippen LogP contribution in [0, 0.1) is 6.92 Å². The van der Waals surface area contributed by atoms with Crippen molar-refractivity contribution in [3.05, 3.63) is 54.2 Å². The molecule has 0 unspecified atom stereocenters. The second-order valence-electron chi connectivity index (χ2n) is 9.15. The first-order valence-corrected chi connectivity index (χ1v) is 13.4. The fourth-order valence-corrected chi connectivity index (χ4v) is 6.20. The topological polar surface area (TPSA) is 99.0 Å². The lowest BCUT2D eigenvalue weighted by molar-refractivity contribution is 0.232. The van der Waals surface area contributed by atoms with Crippen molar-refractivity contribution in [2.24, 2.45) is 0 Å². The maximum absolute atomic E-state index is 13.4. The molecule has 0 amide bonds. The Balaban J connectivity index is 1.52. The SMILES string of the molecule is CCc1cc(-c2ccc(OC(C)C)nc2)ccc1S(=O)(=O)N[C@H]1CCC[C@@H](n2cnnc2C)C1. The second-order valence-corrected chi connectivity index (χ2v) is 10.8. The largest absolute Gasteiger partial charge is 0.475 e. The van der Waals surface area contributed by atoms with E-state index in [-0.39, 0.29) is 18.2 Å². The monoisotopic (exact) mass is 483 g/mol. The average Bonchev–Trinajstić information content (AvgIpc) is 3.24. The molecule has 1 aliphatic carbocycles. The van der Waals surface area contributed by atoms with Crippen LogP contribution in [0.2, 0.25) is 0 Å². The summed E-state index contributed by atoms with van der Waals surface area (Å²) in [6.07, 6.45) is 7.68. The molecule has 8 nitrogen and oxygen atoms in total. The Kier molecular flexibility index (Phi) is 7.33. The van der Waals surface area contributed by atoms with Gasteiger partial charge in [0.2, 0.25) is 15.9 Å². The van der Waals surface area contributed by atoms with Crippen LogP contribution >= 0.6 is 0 Å². The lowest BCUT2D eigenvalue weighted by Crippen LogP contribution is -2.39. The van der Waals surface area contributed by atoms with Crippen molar-refractivity contribution in [3.8, 4) is 17.0 Å². The molecular weight excluding hydrogens is 450 g/mol. The number of aryl methyl sites for hydroxylation is 2. The summed E-state index contributed by atoms with van der Waals surface area (Å²) in [7, 11) is -3.65. The van der Waals surface area contributed by atoms with Gasteiger partial charge in [-0.3, -0.25) is 0 Å². The molecule has 0 spiro atoms. The summed E-state index contributed by atoms with van der Waals surface area (Å²) in [6.45, 7) is 7.82. The average molecular weight is 484 g/mol. The van der Waals surface area contributed by atoms with Gasteiger partial charge in [-0.05, 0) is 82.2 Å². The molecule has 34 heavy (non-hydrogen) atoms. The van der Waals surface area contributed by atoms with Crippen molar-refractivity contribution in [2.75, 3.05) is 0 Å². The van der Waals surface area contributed by atoms with E-state index in [9.17, 15) is 8.42 Å². The molecule has 0 bridgehead atoms. The summed E-state index contributed by atoms with van der Waals surface area (Å²) in [5.74, 6) is 1.43. The minimum absolute atomic E-state index is 0.0575.